The first-order chi connectivity index (χ1) is 21.0. The molecule has 0 spiro atoms. The van der Waals surface area contributed by atoms with Gasteiger partial charge >= 0.3 is 0 Å². The van der Waals surface area contributed by atoms with Gasteiger partial charge in [0.1, 0.15) is 22.9 Å². The van der Waals surface area contributed by atoms with Gasteiger partial charge in [-0.05, 0) is 66.6 Å². The lowest BCUT2D eigenvalue weighted by atomic mass is 10.1. The Balaban J connectivity index is 1.40. The van der Waals surface area contributed by atoms with E-state index in [1.807, 2.05) is 85.1 Å². The fraction of sp³-hybridized carbons (Fsp3) is 0.182. The van der Waals surface area contributed by atoms with Crippen LogP contribution in [0, 0.1) is 0 Å². The second-order valence-corrected chi connectivity index (χ2v) is 10.9. The van der Waals surface area contributed by atoms with Crippen LogP contribution < -0.4 is 25.1 Å². The first-order valence-corrected chi connectivity index (χ1v) is 14.8. The smallest absolute Gasteiger partial charge is 0.296 e. The summed E-state index contributed by atoms with van der Waals surface area (Å²) in [5.74, 6) is 1.51. The molecule has 0 radical (unpaired) electrons. The highest BCUT2D eigenvalue weighted by atomic mass is 32.1. The molecule has 216 valence electrons. The molecule has 0 aliphatic carbocycles. The van der Waals surface area contributed by atoms with Crippen LogP contribution in [-0.2, 0) is 6.42 Å². The van der Waals surface area contributed by atoms with Crippen LogP contribution in [0.5, 0.6) is 11.5 Å². The molecule has 0 saturated heterocycles. The molecule has 6 aromatic rings. The van der Waals surface area contributed by atoms with Crippen molar-refractivity contribution in [3.63, 3.8) is 0 Å². The van der Waals surface area contributed by atoms with E-state index >= 15 is 0 Å². The number of para-hydroxylation sites is 1. The van der Waals surface area contributed by atoms with Crippen LogP contribution in [-0.4, -0.2) is 38.1 Å². The second-order valence-electron chi connectivity index (χ2n) is 9.94. The van der Waals surface area contributed by atoms with Crippen molar-refractivity contribution in [3.05, 3.63) is 127 Å². The summed E-state index contributed by atoms with van der Waals surface area (Å²) >= 11 is 1.12. The molecular weight excluding hydrogens is 562 g/mol. The number of fused-ring (bicyclic) bond motifs is 1. The third-order valence-corrected chi connectivity index (χ3v) is 7.88. The fourth-order valence-electron chi connectivity index (χ4n) is 4.60. The predicted octanol–water partition coefficient (Wildman–Crippen LogP) is 4.69. The molecule has 0 atom stereocenters. The average Bonchev–Trinajstić information content (AvgIpc) is 3.59. The van der Waals surface area contributed by atoms with Crippen LogP contribution in [0.4, 0.5) is 0 Å². The van der Waals surface area contributed by atoms with E-state index in [0.29, 0.717) is 22.6 Å². The molecule has 0 aliphatic heterocycles. The molecule has 0 saturated carbocycles. The van der Waals surface area contributed by atoms with E-state index in [0.717, 1.165) is 52.3 Å². The zero-order chi connectivity index (χ0) is 29.8. The fourth-order valence-corrected chi connectivity index (χ4v) is 5.50. The zero-order valence-electron chi connectivity index (χ0n) is 23.8. The summed E-state index contributed by atoms with van der Waals surface area (Å²) in [7, 11) is 1.59. The quantitative estimate of drug-likeness (QED) is 0.213. The Hall–Kier alpha value is -5.09. The molecule has 3 aromatic carbocycles. The van der Waals surface area contributed by atoms with Crippen molar-refractivity contribution in [2.24, 2.45) is 0 Å². The summed E-state index contributed by atoms with van der Waals surface area (Å²) in [6.07, 6.45) is 5.98. The molecule has 0 bridgehead atoms. The first kappa shape index (κ1) is 28.0. The molecule has 3 aromatic heterocycles. The van der Waals surface area contributed by atoms with Gasteiger partial charge in [0.25, 0.3) is 11.1 Å². The van der Waals surface area contributed by atoms with E-state index < -0.39 is 5.56 Å². The molecule has 9 nitrogen and oxygen atoms in total. The molecule has 0 unspecified atom stereocenters. The molecule has 43 heavy (non-hydrogen) atoms. The van der Waals surface area contributed by atoms with Crippen molar-refractivity contribution in [1.29, 1.82) is 0 Å². The van der Waals surface area contributed by atoms with Crippen molar-refractivity contribution in [1.82, 2.24) is 24.4 Å². The normalized spacial score (nSPS) is 11.7. The maximum atomic E-state index is 13.5. The minimum Gasteiger partial charge on any atom is -0.497 e. The van der Waals surface area contributed by atoms with Crippen LogP contribution in [0.25, 0.3) is 28.0 Å². The number of nitrogens with zero attached hydrogens (tertiary/aromatic N) is 5. The van der Waals surface area contributed by atoms with Crippen LogP contribution >= 0.6 is 11.3 Å². The number of aromatic nitrogens is 5. The van der Waals surface area contributed by atoms with Crippen LogP contribution in [0.3, 0.4) is 0 Å². The zero-order valence-corrected chi connectivity index (χ0v) is 24.6. The minimum absolute atomic E-state index is 0.197. The standard InChI is InChI=1S/C33H29N5O4S/c1-3-4-18-42-27-16-12-23(13-17-27)30-24(21-37(36-30)25-8-6-5-7-9-25)20-29-32(40)38-33(43-29)34-31(39)28(35-38)19-22-10-14-26(41-2)15-11-22/h5-17,20-21H,3-4,18-19H2,1-2H3/b29-20-. The molecule has 0 aliphatic rings. The predicted molar refractivity (Wildman–Crippen MR) is 167 cm³/mol. The van der Waals surface area contributed by atoms with Crippen molar-refractivity contribution in [3.8, 4) is 28.4 Å². The number of rotatable bonds is 10. The average molecular weight is 592 g/mol. The molecule has 10 heteroatoms. The van der Waals surface area contributed by atoms with E-state index in [1.54, 1.807) is 17.9 Å². The number of thiazole rings is 1. The van der Waals surface area contributed by atoms with Gasteiger partial charge in [-0.2, -0.15) is 19.7 Å². The van der Waals surface area contributed by atoms with Crippen molar-refractivity contribution in [2.75, 3.05) is 13.7 Å². The largest absolute Gasteiger partial charge is 0.497 e. The van der Waals surface area contributed by atoms with E-state index in [-0.39, 0.29) is 22.6 Å². The minimum atomic E-state index is -0.456. The van der Waals surface area contributed by atoms with E-state index in [1.165, 1.54) is 4.52 Å². The molecule has 0 fully saturated rings. The summed E-state index contributed by atoms with van der Waals surface area (Å²) in [4.78, 5) is 30.7. The lowest BCUT2D eigenvalue weighted by Crippen LogP contribution is -2.28. The lowest BCUT2D eigenvalue weighted by Gasteiger charge is -2.06. The van der Waals surface area contributed by atoms with Gasteiger partial charge < -0.3 is 9.47 Å². The Bertz CT molecular complexity index is 2030. The van der Waals surface area contributed by atoms with Gasteiger partial charge in [0, 0.05) is 23.7 Å². The highest BCUT2D eigenvalue weighted by molar-refractivity contribution is 7.15. The maximum absolute atomic E-state index is 13.5. The van der Waals surface area contributed by atoms with Gasteiger partial charge in [-0.3, -0.25) is 9.59 Å². The van der Waals surface area contributed by atoms with Crippen molar-refractivity contribution < 1.29 is 9.47 Å². The SMILES string of the molecule is CCCCOc1ccc(-c2nn(-c3ccccc3)cc2/C=c2\sc3nc(=O)c(Cc4ccc(OC)cc4)nn3c2=O)cc1. The highest BCUT2D eigenvalue weighted by Gasteiger charge is 2.15. The second kappa shape index (κ2) is 12.4. The topological polar surface area (TPSA) is 101 Å². The number of ether oxygens (including phenoxy) is 2. The maximum Gasteiger partial charge on any atom is 0.296 e. The van der Waals surface area contributed by atoms with Gasteiger partial charge in [0.2, 0.25) is 4.96 Å². The monoisotopic (exact) mass is 591 g/mol. The van der Waals surface area contributed by atoms with Crippen LogP contribution in [0.1, 0.15) is 36.6 Å². The number of benzene rings is 3. The molecular formula is C33H29N5O4S. The van der Waals surface area contributed by atoms with Crippen molar-refractivity contribution >= 4 is 22.4 Å². The molecule has 6 rings (SSSR count). The van der Waals surface area contributed by atoms with Gasteiger partial charge in [0.05, 0.1) is 23.9 Å². The summed E-state index contributed by atoms with van der Waals surface area (Å²) in [5.41, 5.74) is 3.47. The van der Waals surface area contributed by atoms with Gasteiger partial charge in [-0.1, -0.05) is 55.0 Å². The Morgan fingerprint density at radius 2 is 1.65 bits per heavy atom. The first-order valence-electron chi connectivity index (χ1n) is 14.0. The van der Waals surface area contributed by atoms with Gasteiger partial charge in [-0.15, -0.1) is 0 Å². The molecule has 3 heterocycles. The van der Waals surface area contributed by atoms with Crippen LogP contribution in [0.2, 0.25) is 0 Å². The summed E-state index contributed by atoms with van der Waals surface area (Å²) in [5, 5.41) is 9.27. The highest BCUT2D eigenvalue weighted by Crippen LogP contribution is 2.26. The lowest BCUT2D eigenvalue weighted by molar-refractivity contribution is 0.309. The van der Waals surface area contributed by atoms with Gasteiger partial charge in [-0.25, -0.2) is 4.68 Å². The Kier molecular flexibility index (Phi) is 8.10. The summed E-state index contributed by atoms with van der Waals surface area (Å²) in [6, 6.07) is 24.9. The van der Waals surface area contributed by atoms with E-state index in [2.05, 4.69) is 17.0 Å². The van der Waals surface area contributed by atoms with E-state index in [9.17, 15) is 9.59 Å². The Morgan fingerprint density at radius 1 is 0.907 bits per heavy atom. The van der Waals surface area contributed by atoms with E-state index in [4.69, 9.17) is 14.6 Å². The third kappa shape index (κ3) is 6.09. The Labute approximate surface area is 251 Å². The Morgan fingerprint density at radius 3 is 2.37 bits per heavy atom. The number of methoxy groups -OCH3 is 1. The summed E-state index contributed by atoms with van der Waals surface area (Å²) < 4.78 is 14.4. The summed E-state index contributed by atoms with van der Waals surface area (Å²) in [6.45, 7) is 2.80. The molecule has 0 amide bonds. The van der Waals surface area contributed by atoms with Crippen molar-refractivity contribution in [2.45, 2.75) is 26.2 Å². The third-order valence-electron chi connectivity index (χ3n) is 6.93. The van der Waals surface area contributed by atoms with Gasteiger partial charge in [0.15, 0.2) is 0 Å². The van der Waals surface area contributed by atoms with Crippen LogP contribution in [0.15, 0.2) is 94.6 Å². The molecule has 0 N–H and O–H groups in total. The number of hydrogen-bond acceptors (Lipinski definition) is 8. The number of unbranched alkanes of at least 4 members (excludes halogenated alkanes) is 1. The number of hydrogen-bond donors (Lipinski definition) is 0.